The van der Waals surface area contributed by atoms with Gasteiger partial charge < -0.3 is 5.73 Å². The molecule has 0 aromatic heterocycles. The average molecular weight is 214 g/mol. The van der Waals surface area contributed by atoms with Gasteiger partial charge in [0.25, 0.3) is 0 Å². The van der Waals surface area contributed by atoms with E-state index in [1.807, 2.05) is 0 Å². The molecule has 0 saturated carbocycles. The van der Waals surface area contributed by atoms with Crippen molar-refractivity contribution < 1.29 is 0 Å². The van der Waals surface area contributed by atoms with Crippen molar-refractivity contribution in [2.45, 2.75) is 19.3 Å². The van der Waals surface area contributed by atoms with Gasteiger partial charge in [-0.1, -0.05) is 6.42 Å². The standard InChI is InChI=1S/C7H15N3.2ClH/c8-7(9)6-10-4-2-1-3-5-10;;/h1-6H2,(H3,8,9);2*1H. The van der Waals surface area contributed by atoms with Crippen LogP contribution in [0.4, 0.5) is 0 Å². The van der Waals surface area contributed by atoms with Crippen LogP contribution in [0, 0.1) is 5.41 Å². The molecule has 1 rings (SSSR count). The molecule has 3 nitrogen and oxygen atoms in total. The molecule has 1 saturated heterocycles. The van der Waals surface area contributed by atoms with Crippen LogP contribution < -0.4 is 5.73 Å². The van der Waals surface area contributed by atoms with Gasteiger partial charge in [0.1, 0.15) is 5.84 Å². The lowest BCUT2D eigenvalue weighted by molar-refractivity contribution is 0.257. The first kappa shape index (κ1) is 14.5. The summed E-state index contributed by atoms with van der Waals surface area (Å²) in [6.07, 6.45) is 3.88. The lowest BCUT2D eigenvalue weighted by Crippen LogP contribution is -2.36. The second kappa shape index (κ2) is 7.65. The molecule has 0 radical (unpaired) electrons. The second-order valence-electron chi connectivity index (χ2n) is 2.86. The summed E-state index contributed by atoms with van der Waals surface area (Å²) < 4.78 is 0. The van der Waals surface area contributed by atoms with Gasteiger partial charge >= 0.3 is 0 Å². The predicted octanol–water partition coefficient (Wildman–Crippen LogP) is 1.25. The number of rotatable bonds is 2. The molecule has 0 aliphatic carbocycles. The van der Waals surface area contributed by atoms with Gasteiger partial charge in [-0.25, -0.2) is 0 Å². The van der Waals surface area contributed by atoms with Crippen molar-refractivity contribution in [3.05, 3.63) is 0 Å². The number of nitrogens with one attached hydrogen (secondary N) is 1. The van der Waals surface area contributed by atoms with E-state index in [0.29, 0.717) is 12.4 Å². The Morgan fingerprint density at radius 3 is 2.08 bits per heavy atom. The molecular formula is C7H17Cl2N3. The van der Waals surface area contributed by atoms with E-state index < -0.39 is 0 Å². The number of amidine groups is 1. The Kier molecular flexibility index (Phi) is 9.26. The van der Waals surface area contributed by atoms with Crippen molar-refractivity contribution in [1.29, 1.82) is 5.41 Å². The van der Waals surface area contributed by atoms with Gasteiger partial charge in [0, 0.05) is 0 Å². The third-order valence-corrected chi connectivity index (χ3v) is 1.84. The zero-order valence-electron chi connectivity index (χ0n) is 7.08. The maximum Gasteiger partial charge on any atom is 0.105 e. The van der Waals surface area contributed by atoms with E-state index in [1.54, 1.807) is 0 Å². The first-order chi connectivity index (χ1) is 4.79. The zero-order valence-corrected chi connectivity index (χ0v) is 8.72. The summed E-state index contributed by atoms with van der Waals surface area (Å²) in [5, 5.41) is 7.07. The summed E-state index contributed by atoms with van der Waals surface area (Å²) in [5.41, 5.74) is 5.26. The van der Waals surface area contributed by atoms with E-state index in [4.69, 9.17) is 11.1 Å². The smallest absolute Gasteiger partial charge is 0.105 e. The van der Waals surface area contributed by atoms with Crippen LogP contribution in [0.15, 0.2) is 0 Å². The van der Waals surface area contributed by atoms with Crippen LogP contribution in [0.1, 0.15) is 19.3 Å². The zero-order chi connectivity index (χ0) is 7.40. The highest BCUT2D eigenvalue weighted by atomic mass is 35.5. The molecule has 1 fully saturated rings. The van der Waals surface area contributed by atoms with Gasteiger partial charge in [-0.15, -0.1) is 24.8 Å². The van der Waals surface area contributed by atoms with Gasteiger partial charge in [0.05, 0.1) is 6.54 Å². The van der Waals surface area contributed by atoms with E-state index in [0.717, 1.165) is 13.1 Å². The maximum atomic E-state index is 7.07. The number of hydrogen-bond acceptors (Lipinski definition) is 2. The van der Waals surface area contributed by atoms with Crippen LogP contribution in [0.25, 0.3) is 0 Å². The van der Waals surface area contributed by atoms with Crippen molar-refractivity contribution in [1.82, 2.24) is 4.90 Å². The molecule has 1 aliphatic heterocycles. The van der Waals surface area contributed by atoms with Crippen molar-refractivity contribution in [3.63, 3.8) is 0 Å². The minimum absolute atomic E-state index is 0. The number of nitrogens with zero attached hydrogens (tertiary/aromatic N) is 1. The highest BCUT2D eigenvalue weighted by Gasteiger charge is 2.09. The number of hydrogen-bond donors (Lipinski definition) is 2. The van der Waals surface area contributed by atoms with Gasteiger partial charge in [-0.3, -0.25) is 10.3 Å². The van der Waals surface area contributed by atoms with Crippen molar-refractivity contribution in [2.75, 3.05) is 19.6 Å². The second-order valence-corrected chi connectivity index (χ2v) is 2.86. The maximum absolute atomic E-state index is 7.07. The quantitative estimate of drug-likeness (QED) is 0.537. The highest BCUT2D eigenvalue weighted by Crippen LogP contribution is 2.07. The monoisotopic (exact) mass is 213 g/mol. The predicted molar refractivity (Wildman–Crippen MR) is 56.7 cm³/mol. The topological polar surface area (TPSA) is 53.1 Å². The van der Waals surface area contributed by atoms with Crippen molar-refractivity contribution >= 4 is 30.6 Å². The lowest BCUT2D eigenvalue weighted by atomic mass is 10.1. The number of piperidine rings is 1. The molecule has 0 aromatic rings. The molecule has 3 N–H and O–H groups in total. The number of halogens is 2. The Balaban J connectivity index is 0. The van der Waals surface area contributed by atoms with E-state index >= 15 is 0 Å². The summed E-state index contributed by atoms with van der Waals surface area (Å²) >= 11 is 0. The molecule has 0 aromatic carbocycles. The highest BCUT2D eigenvalue weighted by molar-refractivity contribution is 5.85. The van der Waals surface area contributed by atoms with Gasteiger partial charge in [-0.2, -0.15) is 0 Å². The summed E-state index contributed by atoms with van der Waals surface area (Å²) in [5.74, 6) is 0.293. The molecule has 0 bridgehead atoms. The Bertz CT molecular complexity index is 124. The molecule has 74 valence electrons. The molecular weight excluding hydrogens is 197 g/mol. The van der Waals surface area contributed by atoms with Crippen LogP contribution >= 0.6 is 24.8 Å². The molecule has 5 heteroatoms. The van der Waals surface area contributed by atoms with Crippen molar-refractivity contribution in [3.8, 4) is 0 Å². The fraction of sp³-hybridized carbons (Fsp3) is 0.857. The average Bonchev–Trinajstić information content (AvgIpc) is 1.88. The lowest BCUT2D eigenvalue weighted by Gasteiger charge is -2.25. The largest absolute Gasteiger partial charge is 0.387 e. The van der Waals surface area contributed by atoms with Crippen molar-refractivity contribution in [2.24, 2.45) is 5.73 Å². The minimum Gasteiger partial charge on any atom is -0.387 e. The third kappa shape index (κ3) is 5.63. The molecule has 0 amide bonds. The molecule has 1 aliphatic rings. The minimum atomic E-state index is 0. The molecule has 0 unspecified atom stereocenters. The van der Waals surface area contributed by atoms with Crippen LogP contribution in [-0.2, 0) is 0 Å². The number of likely N-dealkylation sites (tertiary alicyclic amines) is 1. The van der Waals surface area contributed by atoms with E-state index in [-0.39, 0.29) is 24.8 Å². The first-order valence-corrected chi connectivity index (χ1v) is 3.84. The molecule has 12 heavy (non-hydrogen) atoms. The fourth-order valence-electron chi connectivity index (χ4n) is 1.36. The Morgan fingerprint density at radius 2 is 1.67 bits per heavy atom. The van der Waals surface area contributed by atoms with Crippen LogP contribution in [0.2, 0.25) is 0 Å². The van der Waals surface area contributed by atoms with E-state index in [9.17, 15) is 0 Å². The Morgan fingerprint density at radius 1 is 1.17 bits per heavy atom. The Labute approximate surface area is 86.0 Å². The Hall–Kier alpha value is 0.01000. The first-order valence-electron chi connectivity index (χ1n) is 3.84. The SMILES string of the molecule is Cl.Cl.N=C(N)CN1CCCCC1. The number of nitrogens with two attached hydrogens (primary N) is 1. The summed E-state index contributed by atoms with van der Waals surface area (Å²) in [4.78, 5) is 2.24. The molecule has 1 heterocycles. The van der Waals surface area contributed by atoms with Crippen LogP contribution in [-0.4, -0.2) is 30.4 Å². The fourth-order valence-corrected chi connectivity index (χ4v) is 1.36. The van der Waals surface area contributed by atoms with Crippen LogP contribution in [0.3, 0.4) is 0 Å². The normalized spacial score (nSPS) is 17.3. The summed E-state index contributed by atoms with van der Waals surface area (Å²) in [7, 11) is 0. The van der Waals surface area contributed by atoms with Crippen LogP contribution in [0.5, 0.6) is 0 Å². The third-order valence-electron chi connectivity index (χ3n) is 1.84. The summed E-state index contributed by atoms with van der Waals surface area (Å²) in [6.45, 7) is 2.92. The van der Waals surface area contributed by atoms with Gasteiger partial charge in [-0.05, 0) is 25.9 Å². The molecule has 0 atom stereocenters. The van der Waals surface area contributed by atoms with Gasteiger partial charge in [0.2, 0.25) is 0 Å². The van der Waals surface area contributed by atoms with E-state index in [2.05, 4.69) is 4.90 Å². The van der Waals surface area contributed by atoms with E-state index in [1.165, 1.54) is 19.3 Å². The summed E-state index contributed by atoms with van der Waals surface area (Å²) in [6, 6.07) is 0. The molecule has 0 spiro atoms. The van der Waals surface area contributed by atoms with Gasteiger partial charge in [0.15, 0.2) is 0 Å².